The molecule has 0 radical (unpaired) electrons. The quantitative estimate of drug-likeness (QED) is 0.724. The van der Waals surface area contributed by atoms with E-state index < -0.39 is 0 Å². The number of hydrogen-bond acceptors (Lipinski definition) is 3. The van der Waals surface area contributed by atoms with Crippen molar-refractivity contribution < 1.29 is 9.18 Å². The van der Waals surface area contributed by atoms with Gasteiger partial charge in [0.05, 0.1) is 29.2 Å². The highest BCUT2D eigenvalue weighted by molar-refractivity contribution is 5.95. The second kappa shape index (κ2) is 7.57. The molecule has 0 spiro atoms. The number of anilines is 2. The Morgan fingerprint density at radius 1 is 1.04 bits per heavy atom. The molecule has 2 aromatic carbocycles. The predicted molar refractivity (Wildman–Crippen MR) is 96.2 cm³/mol. The van der Waals surface area contributed by atoms with Gasteiger partial charge in [0.15, 0.2) is 0 Å². The van der Waals surface area contributed by atoms with Crippen LogP contribution in [0.3, 0.4) is 0 Å². The lowest BCUT2D eigenvalue weighted by Crippen LogP contribution is -2.26. The van der Waals surface area contributed by atoms with E-state index in [4.69, 9.17) is 0 Å². The maximum Gasteiger partial charge on any atom is 0.253 e. The van der Waals surface area contributed by atoms with E-state index in [-0.39, 0.29) is 17.8 Å². The van der Waals surface area contributed by atoms with Crippen LogP contribution in [0, 0.1) is 5.82 Å². The number of hydrogen-bond donors (Lipinski definition) is 2. The van der Waals surface area contributed by atoms with E-state index in [1.165, 1.54) is 12.3 Å². The molecule has 1 heterocycles. The number of carbonyl (C=O) groups is 1. The first-order valence-corrected chi connectivity index (χ1v) is 7.96. The fraction of sp³-hybridized carbons (Fsp3) is 0.100. The van der Waals surface area contributed by atoms with Crippen LogP contribution in [-0.2, 0) is 0 Å². The average molecular weight is 335 g/mol. The maximum absolute atomic E-state index is 13.7. The third-order valence-electron chi connectivity index (χ3n) is 3.80. The number of rotatable bonds is 5. The molecule has 0 saturated heterocycles. The van der Waals surface area contributed by atoms with Crippen LogP contribution in [0.4, 0.5) is 15.8 Å². The highest BCUT2D eigenvalue weighted by Gasteiger charge is 2.12. The van der Waals surface area contributed by atoms with Crippen molar-refractivity contribution in [2.24, 2.45) is 0 Å². The van der Waals surface area contributed by atoms with Gasteiger partial charge < -0.3 is 10.6 Å². The van der Waals surface area contributed by atoms with E-state index >= 15 is 0 Å². The molecule has 1 amide bonds. The standard InChI is InChI=1S/C20H18FN3O/c1-14(15-7-3-2-4-8-15)23-20(25)16-11-17(13-22-12-16)24-19-10-6-5-9-18(19)21/h2-14,24H,1H3,(H,23,25). The summed E-state index contributed by atoms with van der Waals surface area (Å²) in [6, 6.07) is 17.6. The Balaban J connectivity index is 1.72. The summed E-state index contributed by atoms with van der Waals surface area (Å²) in [6.07, 6.45) is 3.03. The summed E-state index contributed by atoms with van der Waals surface area (Å²) >= 11 is 0. The molecule has 0 bridgehead atoms. The summed E-state index contributed by atoms with van der Waals surface area (Å²) in [6.45, 7) is 1.92. The van der Waals surface area contributed by atoms with E-state index in [1.807, 2.05) is 37.3 Å². The fourth-order valence-electron chi connectivity index (χ4n) is 2.46. The molecule has 0 fully saturated rings. The van der Waals surface area contributed by atoms with E-state index in [1.54, 1.807) is 30.5 Å². The molecule has 5 heteroatoms. The Hall–Kier alpha value is -3.21. The Morgan fingerprint density at radius 2 is 1.76 bits per heavy atom. The van der Waals surface area contributed by atoms with E-state index in [2.05, 4.69) is 15.6 Å². The maximum atomic E-state index is 13.7. The van der Waals surface area contributed by atoms with Gasteiger partial charge in [-0.25, -0.2) is 4.39 Å². The summed E-state index contributed by atoms with van der Waals surface area (Å²) in [5, 5.41) is 5.87. The molecule has 3 aromatic rings. The van der Waals surface area contributed by atoms with Gasteiger partial charge in [-0.1, -0.05) is 42.5 Å². The van der Waals surface area contributed by atoms with Crippen LogP contribution in [0.15, 0.2) is 73.1 Å². The van der Waals surface area contributed by atoms with Gasteiger partial charge in [0.25, 0.3) is 5.91 Å². The van der Waals surface area contributed by atoms with Gasteiger partial charge in [-0.15, -0.1) is 0 Å². The molecule has 1 aromatic heterocycles. The van der Waals surface area contributed by atoms with Crippen LogP contribution in [0.1, 0.15) is 28.9 Å². The van der Waals surface area contributed by atoms with Crippen molar-refractivity contribution in [3.63, 3.8) is 0 Å². The molecule has 25 heavy (non-hydrogen) atoms. The third kappa shape index (κ3) is 4.20. The van der Waals surface area contributed by atoms with Gasteiger partial charge in [-0.2, -0.15) is 0 Å². The minimum absolute atomic E-state index is 0.128. The van der Waals surface area contributed by atoms with Gasteiger partial charge in [0.2, 0.25) is 0 Å². The molecule has 1 unspecified atom stereocenters. The number of pyridine rings is 1. The van der Waals surface area contributed by atoms with Crippen LogP contribution in [0.25, 0.3) is 0 Å². The lowest BCUT2D eigenvalue weighted by atomic mass is 10.1. The number of nitrogens with zero attached hydrogens (tertiary/aromatic N) is 1. The van der Waals surface area contributed by atoms with Crippen molar-refractivity contribution >= 4 is 17.3 Å². The van der Waals surface area contributed by atoms with Crippen molar-refractivity contribution in [1.29, 1.82) is 0 Å². The minimum atomic E-state index is -0.366. The first-order valence-electron chi connectivity index (χ1n) is 7.96. The Kier molecular flexibility index (Phi) is 5.04. The lowest BCUT2D eigenvalue weighted by Gasteiger charge is -2.15. The van der Waals surface area contributed by atoms with Crippen molar-refractivity contribution in [3.05, 3.63) is 90.0 Å². The molecule has 1 atom stereocenters. The molecular weight excluding hydrogens is 317 g/mol. The highest BCUT2D eigenvalue weighted by Crippen LogP contribution is 2.20. The summed E-state index contributed by atoms with van der Waals surface area (Å²) in [7, 11) is 0. The van der Waals surface area contributed by atoms with Crippen molar-refractivity contribution in [3.8, 4) is 0 Å². The van der Waals surface area contributed by atoms with Crippen molar-refractivity contribution in [2.75, 3.05) is 5.32 Å². The number of carbonyl (C=O) groups excluding carboxylic acids is 1. The zero-order valence-electron chi connectivity index (χ0n) is 13.7. The molecule has 4 nitrogen and oxygen atoms in total. The first-order chi connectivity index (χ1) is 12.1. The highest BCUT2D eigenvalue weighted by atomic mass is 19.1. The summed E-state index contributed by atoms with van der Waals surface area (Å²) in [4.78, 5) is 16.5. The normalized spacial score (nSPS) is 11.6. The molecule has 0 aliphatic carbocycles. The van der Waals surface area contributed by atoms with E-state index in [9.17, 15) is 9.18 Å². The number of benzene rings is 2. The molecule has 3 rings (SSSR count). The van der Waals surface area contributed by atoms with Crippen LogP contribution >= 0.6 is 0 Å². The van der Waals surface area contributed by atoms with Gasteiger partial charge in [0.1, 0.15) is 5.82 Å². The fourth-order valence-corrected chi connectivity index (χ4v) is 2.46. The largest absolute Gasteiger partial charge is 0.352 e. The summed E-state index contributed by atoms with van der Waals surface area (Å²) in [5.41, 5.74) is 2.30. The molecule has 0 saturated carbocycles. The second-order valence-corrected chi connectivity index (χ2v) is 5.67. The zero-order chi connectivity index (χ0) is 17.6. The number of para-hydroxylation sites is 1. The second-order valence-electron chi connectivity index (χ2n) is 5.67. The van der Waals surface area contributed by atoms with Crippen LogP contribution < -0.4 is 10.6 Å². The van der Waals surface area contributed by atoms with Crippen LogP contribution in [-0.4, -0.2) is 10.9 Å². The van der Waals surface area contributed by atoms with Crippen molar-refractivity contribution in [2.45, 2.75) is 13.0 Å². The summed E-state index contributed by atoms with van der Waals surface area (Å²) in [5.74, 6) is -0.601. The van der Waals surface area contributed by atoms with E-state index in [0.717, 1.165) is 5.56 Å². The SMILES string of the molecule is CC(NC(=O)c1cncc(Nc2ccccc2F)c1)c1ccccc1. The van der Waals surface area contributed by atoms with Crippen molar-refractivity contribution in [1.82, 2.24) is 10.3 Å². The molecule has 0 aliphatic rings. The van der Waals surface area contributed by atoms with E-state index in [0.29, 0.717) is 16.9 Å². The number of halogens is 1. The molecule has 126 valence electrons. The molecule has 2 N–H and O–H groups in total. The molecule has 0 aliphatic heterocycles. The lowest BCUT2D eigenvalue weighted by molar-refractivity contribution is 0.0939. The van der Waals surface area contributed by atoms with Gasteiger partial charge in [-0.05, 0) is 30.7 Å². The summed E-state index contributed by atoms with van der Waals surface area (Å²) < 4.78 is 13.7. The first kappa shape index (κ1) is 16.6. The topological polar surface area (TPSA) is 54.0 Å². The average Bonchev–Trinajstić information content (AvgIpc) is 2.64. The van der Waals surface area contributed by atoms with Crippen LogP contribution in [0.2, 0.25) is 0 Å². The predicted octanol–water partition coefficient (Wildman–Crippen LogP) is 4.46. The molecular formula is C20H18FN3O. The van der Waals surface area contributed by atoms with Crippen LogP contribution in [0.5, 0.6) is 0 Å². The Morgan fingerprint density at radius 3 is 2.52 bits per heavy atom. The Labute approximate surface area is 145 Å². The smallest absolute Gasteiger partial charge is 0.253 e. The van der Waals surface area contributed by atoms with Gasteiger partial charge in [-0.3, -0.25) is 9.78 Å². The number of amides is 1. The zero-order valence-corrected chi connectivity index (χ0v) is 13.7. The number of nitrogens with one attached hydrogen (secondary N) is 2. The van der Waals surface area contributed by atoms with Gasteiger partial charge >= 0.3 is 0 Å². The minimum Gasteiger partial charge on any atom is -0.352 e. The third-order valence-corrected chi connectivity index (χ3v) is 3.80. The van der Waals surface area contributed by atoms with Gasteiger partial charge in [0, 0.05) is 6.20 Å². The Bertz CT molecular complexity index is 868. The number of aromatic nitrogens is 1. The monoisotopic (exact) mass is 335 g/mol.